The number of likely N-dealkylation sites (N-methyl/N-ethyl adjacent to an activating group) is 1. The maximum Gasteiger partial charge on any atom is 0.0715 e. The fraction of sp³-hybridized carbons (Fsp3) is 0.173. The topological polar surface area (TPSA) is 214 Å². The van der Waals surface area contributed by atoms with E-state index in [1.165, 1.54) is 175 Å². The van der Waals surface area contributed by atoms with Crippen LogP contribution in [0.5, 0.6) is 0 Å². The van der Waals surface area contributed by atoms with E-state index < -0.39 is 40.7 Å². The van der Waals surface area contributed by atoms with Gasteiger partial charge in [-0.1, -0.05) is 115 Å². The van der Waals surface area contributed by atoms with Crippen LogP contribution in [0.4, 0.5) is 0 Å². The van der Waals surface area contributed by atoms with E-state index in [-0.39, 0.29) is 33.9 Å². The second kappa shape index (κ2) is 19.1. The molecule has 4 aliphatic carbocycles. The predicted molar refractivity (Wildman–Crippen MR) is 362 cm³/mol. The number of hydrogen-bond donors (Lipinski definition) is 0. The van der Waals surface area contributed by atoms with Gasteiger partial charge in [0.1, 0.15) is 0 Å². The molecule has 0 bridgehead atoms. The number of likely N-dealkylation sites (tertiary alicyclic amines) is 1. The third-order valence-electron chi connectivity index (χ3n) is 21.6. The summed E-state index contributed by atoms with van der Waals surface area (Å²) in [5.41, 5.74) is 8.18. The highest BCUT2D eigenvalue weighted by atomic mass is 16.4. The molecule has 0 amide bonds. The van der Waals surface area contributed by atoms with Crippen LogP contribution in [-0.4, -0.2) is 105 Å². The normalized spacial score (nSPS) is 18.3. The van der Waals surface area contributed by atoms with Gasteiger partial charge in [0.25, 0.3) is 0 Å². The third-order valence-corrected chi connectivity index (χ3v) is 21.6. The molecule has 3 unspecified atom stereocenters. The first-order valence-electron chi connectivity index (χ1n) is 31.7. The van der Waals surface area contributed by atoms with Crippen LogP contribution in [0.25, 0.3) is 130 Å². The molecule has 5 aliphatic rings. The van der Waals surface area contributed by atoms with Crippen molar-refractivity contribution >= 4 is 159 Å². The van der Waals surface area contributed by atoms with Gasteiger partial charge in [-0.05, 0) is 287 Å². The lowest BCUT2D eigenvalue weighted by molar-refractivity contribution is -0.256. The molecule has 14 heteroatoms. The minimum atomic E-state index is -1.39. The van der Waals surface area contributed by atoms with Crippen molar-refractivity contribution in [3.05, 3.63) is 223 Å². The quantitative estimate of drug-likeness (QED) is 0.113. The van der Waals surface area contributed by atoms with Gasteiger partial charge in [0.15, 0.2) is 0 Å². The summed E-state index contributed by atoms with van der Waals surface area (Å²) >= 11 is 0. The van der Waals surface area contributed by atoms with Crippen molar-refractivity contribution in [1.29, 1.82) is 0 Å². The first kappa shape index (κ1) is 56.8. The van der Waals surface area contributed by atoms with E-state index in [0.29, 0.717) is 12.1 Å². The molecule has 0 saturated carbocycles. The van der Waals surface area contributed by atoms with E-state index in [9.17, 15) is 49.5 Å². The third kappa shape index (κ3) is 6.97. The van der Waals surface area contributed by atoms with Gasteiger partial charge in [0, 0.05) is 32.2 Å². The molecule has 1 aliphatic heterocycles. The number of fused-ring (bicyclic) bond motifs is 3. The highest BCUT2D eigenvalue weighted by molar-refractivity contribution is 6.64. The van der Waals surface area contributed by atoms with Gasteiger partial charge in [0.2, 0.25) is 0 Å². The maximum absolute atomic E-state index is 12.6. The fourth-order valence-corrected chi connectivity index (χ4v) is 19.2. The van der Waals surface area contributed by atoms with Crippen LogP contribution in [0.3, 0.4) is 0 Å². The Balaban J connectivity index is 0.000000138. The lowest BCUT2D eigenvalue weighted by Gasteiger charge is -2.52. The van der Waals surface area contributed by atoms with E-state index in [1.54, 1.807) is 48.5 Å². The average molecular weight is 1240 g/mol. The van der Waals surface area contributed by atoms with Crippen molar-refractivity contribution in [2.24, 2.45) is 0 Å². The second-order valence-corrected chi connectivity index (χ2v) is 27.7. The predicted octanol–water partition coefficient (Wildman–Crippen LogP) is 7.01. The zero-order chi connectivity index (χ0) is 65.6. The minimum Gasteiger partial charge on any atom is -0.545 e. The molecule has 0 N–H and O–H groups in total. The number of carbonyl (C=O) groups is 5. The highest BCUT2D eigenvalue weighted by Crippen LogP contribution is 2.78. The summed E-state index contributed by atoms with van der Waals surface area (Å²) in [6, 6.07) is 43.6. The van der Waals surface area contributed by atoms with Gasteiger partial charge in [-0.15, -0.1) is 0 Å². The van der Waals surface area contributed by atoms with Crippen LogP contribution < -0.4 is 36.0 Å². The van der Waals surface area contributed by atoms with Gasteiger partial charge in [0.05, 0.1) is 40.7 Å². The monoisotopic (exact) mass is 1240 g/mol. The second-order valence-electron chi connectivity index (χ2n) is 27.7. The van der Waals surface area contributed by atoms with Crippen LogP contribution >= 0.6 is 0 Å². The number of carbonyl (C=O) groups excluding carboxylic acids is 5. The molecule has 3 atom stereocenters. The van der Waals surface area contributed by atoms with Gasteiger partial charge in [-0.2, -0.15) is 0 Å². The molecule has 0 radical (unpaired) electrons. The lowest BCUT2D eigenvalue weighted by atomic mass is 9.47. The first-order chi connectivity index (χ1) is 45.7. The Hall–Kier alpha value is -10.9. The smallest absolute Gasteiger partial charge is 0.0715 e. The number of allylic oxidation sites excluding steroid dienone is 2. The zero-order valence-electron chi connectivity index (χ0n) is 52.7. The highest BCUT2D eigenvalue weighted by Gasteiger charge is 2.73. The molecular formula is C81H55N4O10-5. The molecule has 464 valence electrons. The van der Waals surface area contributed by atoms with Crippen molar-refractivity contribution < 1.29 is 49.5 Å². The molecule has 21 rings (SSSR count). The Morgan fingerprint density at radius 3 is 1.09 bits per heavy atom. The summed E-state index contributed by atoms with van der Waals surface area (Å²) < 4.78 is 0. The number of hydrogen-bond acceptors (Lipinski definition) is 14. The largest absolute Gasteiger partial charge is 0.545 e. The molecule has 16 aromatic rings. The van der Waals surface area contributed by atoms with Gasteiger partial charge < -0.3 is 64.2 Å². The molecule has 95 heavy (non-hydrogen) atoms. The van der Waals surface area contributed by atoms with Crippen LogP contribution in [0.15, 0.2) is 152 Å². The molecular weight excluding hydrogens is 1190 g/mol. The standard InChI is InChI=1S/C51H21NO4.3C10H13NO2/c1-52-15-50-27-10-11-28-26-9-7-24-22-5-3-20-19-2-4-21-23-6-8-25(27)35-33(23)38-31(21)29(19)37-30(20)32(22)39-34(24)36(26)46(44-42(39)40(37)41(38)43(44)45(35)50)51(28,50)47(52)16-12-17(48(53)54)14-18(13-16)49(55)56;3*1-11(2)7-8-4-3-5-9(6-8)10(12)13/h2-14,47H,15H2,1H3,(H,53,54)(H,55,56);3*3-6H,7H2,1-2H3,(H,12,13)/p-5. The van der Waals surface area contributed by atoms with Crippen molar-refractivity contribution in [1.82, 2.24) is 19.6 Å². The average Bonchev–Trinajstić information content (AvgIpc) is 1.42. The summed E-state index contributed by atoms with van der Waals surface area (Å²) in [4.78, 5) is 65.1. The lowest BCUT2D eigenvalue weighted by Crippen LogP contribution is -2.52. The molecule has 1 saturated heterocycles. The molecule has 1 fully saturated rings. The summed E-state index contributed by atoms with van der Waals surface area (Å²) in [7, 11) is 13.8. The van der Waals surface area contributed by atoms with Crippen LogP contribution in [0.1, 0.15) is 91.2 Å². The number of rotatable bonds is 12. The Bertz CT molecular complexity index is 6040. The molecule has 2 spiro atoms. The molecule has 1 heterocycles. The zero-order valence-corrected chi connectivity index (χ0v) is 52.7. The number of carboxylic acids is 5. The number of carboxylic acid groups (broad SMARTS) is 5. The Morgan fingerprint density at radius 1 is 0.379 bits per heavy atom. The van der Waals surface area contributed by atoms with Crippen molar-refractivity contribution in [2.75, 3.05) is 55.9 Å². The first-order valence-corrected chi connectivity index (χ1v) is 31.7. The van der Waals surface area contributed by atoms with Gasteiger partial charge in [-0.25, -0.2) is 0 Å². The van der Waals surface area contributed by atoms with Crippen LogP contribution in [0, 0.1) is 0 Å². The number of aromatic carboxylic acids is 5. The van der Waals surface area contributed by atoms with Crippen molar-refractivity contribution in [3.8, 4) is 0 Å². The van der Waals surface area contributed by atoms with Gasteiger partial charge >= 0.3 is 0 Å². The summed E-state index contributed by atoms with van der Waals surface area (Å²) in [6.45, 7) is 2.91. The Kier molecular flexibility index (Phi) is 11.5. The van der Waals surface area contributed by atoms with Crippen LogP contribution in [-0.2, 0) is 30.5 Å². The fourth-order valence-electron chi connectivity index (χ4n) is 19.2. The molecule has 16 aromatic carbocycles. The van der Waals surface area contributed by atoms with Crippen molar-refractivity contribution in [2.45, 2.75) is 36.5 Å². The van der Waals surface area contributed by atoms with E-state index in [0.717, 1.165) is 36.3 Å². The van der Waals surface area contributed by atoms with E-state index in [2.05, 4.69) is 72.6 Å². The molecule has 14 nitrogen and oxygen atoms in total. The number of benzene rings is 12. The summed E-state index contributed by atoms with van der Waals surface area (Å²) in [5.74, 6) is -6.16. The van der Waals surface area contributed by atoms with Crippen molar-refractivity contribution in [3.63, 3.8) is 0 Å². The summed E-state index contributed by atoms with van der Waals surface area (Å²) in [6.07, 6.45) is 4.78. The minimum absolute atomic E-state index is 0.140. The van der Waals surface area contributed by atoms with E-state index in [1.807, 2.05) is 75.2 Å². The number of nitrogens with zero attached hydrogens (tertiary/aromatic N) is 4. The Morgan fingerprint density at radius 2 is 0.705 bits per heavy atom. The maximum atomic E-state index is 12.6. The van der Waals surface area contributed by atoms with E-state index in [4.69, 9.17) is 0 Å². The van der Waals surface area contributed by atoms with Gasteiger partial charge in [-0.3, -0.25) is 4.90 Å². The summed E-state index contributed by atoms with van der Waals surface area (Å²) in [5, 5.41) is 89.6. The van der Waals surface area contributed by atoms with Crippen LogP contribution in [0.2, 0.25) is 0 Å². The molecule has 0 aromatic heterocycles. The Labute approximate surface area is 541 Å². The van der Waals surface area contributed by atoms with E-state index >= 15 is 0 Å². The SMILES string of the molecule is CN(C)Cc1cccc(C(=O)[O-])c1.CN(C)Cc1cccc(C(=O)[O-])c1.CN(C)Cc1cccc(C(=O)[O-])c1.CN1CC23C4=c5ccc6c7ccc8c9ccc%10c%11ccc%12c%13c(c%14c%15c2c5c6c2c7c8c5c9c%10c(c%13%11)c%14c5c%152)C3(C=%12C=C4)C1c1cc(C(=O)[O-])cc(C(=O)[O-])c1.